The highest BCUT2D eigenvalue weighted by molar-refractivity contribution is 6.52. The Morgan fingerprint density at radius 2 is 1.80 bits per heavy atom. The smallest absolute Gasteiger partial charge is 0.339 e. The number of amides is 1. The summed E-state index contributed by atoms with van der Waals surface area (Å²) >= 11 is 0. The Hall–Kier alpha value is -4.34. The number of hydrogen-bond donors (Lipinski definition) is 0. The molecule has 0 saturated heterocycles. The van der Waals surface area contributed by atoms with Crippen LogP contribution in [-0.4, -0.2) is 33.2 Å². The topological polar surface area (TPSA) is 108 Å². The van der Waals surface area contributed by atoms with Crippen LogP contribution in [0.15, 0.2) is 63.9 Å². The Balaban J connectivity index is 1.10. The number of ketones is 1. The van der Waals surface area contributed by atoms with E-state index in [-0.39, 0.29) is 12.2 Å². The van der Waals surface area contributed by atoms with Crippen molar-refractivity contribution in [2.45, 2.75) is 32.4 Å². The first-order valence-electron chi connectivity index (χ1n) is 11.2. The van der Waals surface area contributed by atoms with E-state index in [1.807, 2.05) is 12.1 Å². The second-order valence-corrected chi connectivity index (χ2v) is 8.20. The van der Waals surface area contributed by atoms with Crippen molar-refractivity contribution in [3.63, 3.8) is 0 Å². The molecule has 1 aliphatic rings. The third kappa shape index (κ3) is 4.68. The lowest BCUT2D eigenvalue weighted by Crippen LogP contribution is -2.30. The van der Waals surface area contributed by atoms with Crippen LogP contribution in [0.3, 0.4) is 0 Å². The fourth-order valence-electron chi connectivity index (χ4n) is 4.08. The van der Waals surface area contributed by atoms with Crippen LogP contribution < -0.4 is 15.3 Å². The molecule has 0 bridgehead atoms. The number of fused-ring (bicyclic) bond motifs is 2. The van der Waals surface area contributed by atoms with Gasteiger partial charge in [0.2, 0.25) is 0 Å². The number of Topliss-reactive ketones (excluding diaryl/α,β-unsaturated/α-hetero) is 1. The summed E-state index contributed by atoms with van der Waals surface area (Å²) in [4.78, 5) is 37.4. The number of benzene rings is 2. The molecule has 178 valence electrons. The molecule has 4 aromatic rings. The van der Waals surface area contributed by atoms with Crippen molar-refractivity contribution in [3.8, 4) is 5.75 Å². The highest BCUT2D eigenvalue weighted by atomic mass is 19.1. The molecular formula is C25H21FN4O5. The number of unbranched alkanes of at least 4 members (excludes halogenated alkanes) is 2. The summed E-state index contributed by atoms with van der Waals surface area (Å²) in [5.41, 5.74) is 1.17. The Morgan fingerprint density at radius 3 is 2.69 bits per heavy atom. The highest BCUT2D eigenvalue weighted by Crippen LogP contribution is 2.30. The van der Waals surface area contributed by atoms with Crippen LogP contribution in [0.1, 0.15) is 35.3 Å². The number of anilines is 1. The summed E-state index contributed by atoms with van der Waals surface area (Å²) < 4.78 is 26.1. The number of halogens is 1. The van der Waals surface area contributed by atoms with Gasteiger partial charge in [-0.2, -0.15) is 0 Å². The lowest BCUT2D eigenvalue weighted by Gasteiger charge is -2.16. The minimum atomic E-state index is -0.666. The van der Waals surface area contributed by atoms with Crippen LogP contribution in [0.2, 0.25) is 0 Å². The zero-order chi connectivity index (χ0) is 24.4. The van der Waals surface area contributed by atoms with E-state index in [1.165, 1.54) is 23.1 Å². The number of rotatable bonds is 9. The number of para-hydroxylation sites is 1. The first-order valence-corrected chi connectivity index (χ1v) is 11.2. The van der Waals surface area contributed by atoms with Crippen molar-refractivity contribution in [2.24, 2.45) is 0 Å². The van der Waals surface area contributed by atoms with Crippen LogP contribution in [0.4, 0.5) is 10.1 Å². The molecule has 0 saturated carbocycles. The van der Waals surface area contributed by atoms with E-state index in [0.29, 0.717) is 47.6 Å². The molecule has 9 nitrogen and oxygen atoms in total. The first kappa shape index (κ1) is 22.5. The van der Waals surface area contributed by atoms with E-state index in [0.717, 1.165) is 18.9 Å². The van der Waals surface area contributed by atoms with Gasteiger partial charge in [-0.15, -0.1) is 5.10 Å². The summed E-state index contributed by atoms with van der Waals surface area (Å²) in [5.74, 6) is -1.39. The molecule has 0 N–H and O–H groups in total. The molecule has 5 rings (SSSR count). The average molecular weight is 476 g/mol. The molecule has 0 atom stereocenters. The Bertz CT molecular complexity index is 1480. The number of nitrogens with zero attached hydrogens (tertiary/aromatic N) is 4. The van der Waals surface area contributed by atoms with Crippen molar-refractivity contribution in [2.75, 3.05) is 11.4 Å². The quantitative estimate of drug-likeness (QED) is 0.207. The number of hydrogen-bond acceptors (Lipinski definition) is 7. The largest absolute Gasteiger partial charge is 0.486 e. The Morgan fingerprint density at radius 1 is 0.971 bits per heavy atom. The van der Waals surface area contributed by atoms with Crippen molar-refractivity contribution in [1.82, 2.24) is 15.0 Å². The molecule has 10 heteroatoms. The van der Waals surface area contributed by atoms with Crippen LogP contribution in [0.5, 0.6) is 5.75 Å². The van der Waals surface area contributed by atoms with E-state index < -0.39 is 23.1 Å². The standard InChI is InChI=1S/C25H21FN4O5/c26-16-8-9-20-19(12-16)24(32)25(33)30(20)11-5-1-4-10-29-14-17(27-28-29)15-34-22-13-23(31)35-21-7-3-2-6-18(21)22/h2-3,6-9,12-14H,1,4-5,10-11,15H2. The molecule has 1 aliphatic heterocycles. The van der Waals surface area contributed by atoms with Gasteiger partial charge in [-0.1, -0.05) is 17.3 Å². The van der Waals surface area contributed by atoms with Crippen molar-refractivity contribution in [1.29, 1.82) is 0 Å². The summed E-state index contributed by atoms with van der Waals surface area (Å²) in [6.45, 7) is 1.16. The average Bonchev–Trinajstić information content (AvgIpc) is 3.40. The van der Waals surface area contributed by atoms with Gasteiger partial charge in [0.25, 0.3) is 11.7 Å². The number of aromatic nitrogens is 3. The van der Waals surface area contributed by atoms with Gasteiger partial charge in [0, 0.05) is 13.1 Å². The van der Waals surface area contributed by atoms with Gasteiger partial charge < -0.3 is 14.1 Å². The lowest BCUT2D eigenvalue weighted by atomic mass is 10.1. The molecule has 0 spiro atoms. The third-order valence-corrected chi connectivity index (χ3v) is 5.78. The van der Waals surface area contributed by atoms with Gasteiger partial charge in [-0.25, -0.2) is 9.18 Å². The fraction of sp³-hybridized carbons (Fsp3) is 0.240. The maximum absolute atomic E-state index is 13.4. The van der Waals surface area contributed by atoms with Gasteiger partial charge in [0.1, 0.15) is 29.5 Å². The van der Waals surface area contributed by atoms with E-state index in [9.17, 15) is 18.8 Å². The Labute approximate surface area is 198 Å². The van der Waals surface area contributed by atoms with Crippen molar-refractivity contribution in [3.05, 3.63) is 82.2 Å². The number of aryl methyl sites for hydroxylation is 1. The third-order valence-electron chi connectivity index (χ3n) is 5.78. The minimum Gasteiger partial charge on any atom is -0.486 e. The normalized spacial score (nSPS) is 13.0. The van der Waals surface area contributed by atoms with E-state index >= 15 is 0 Å². The molecule has 2 aromatic heterocycles. The van der Waals surface area contributed by atoms with E-state index in [1.54, 1.807) is 23.0 Å². The summed E-state index contributed by atoms with van der Waals surface area (Å²) in [6.07, 6.45) is 4.05. The molecular weight excluding hydrogens is 455 g/mol. The van der Waals surface area contributed by atoms with Gasteiger partial charge >= 0.3 is 5.63 Å². The summed E-state index contributed by atoms with van der Waals surface area (Å²) in [6, 6.07) is 12.3. The van der Waals surface area contributed by atoms with Gasteiger partial charge in [-0.3, -0.25) is 14.3 Å². The number of carbonyl (C=O) groups excluding carboxylic acids is 2. The SMILES string of the molecule is O=C1C(=O)N(CCCCCn2cc(COc3cc(=O)oc4ccccc34)nn2)c2ccc(F)cc21. The molecule has 2 aromatic carbocycles. The Kier molecular flexibility index (Phi) is 6.09. The molecule has 1 amide bonds. The second kappa shape index (κ2) is 9.49. The maximum Gasteiger partial charge on any atom is 0.339 e. The van der Waals surface area contributed by atoms with Crippen molar-refractivity contribution >= 4 is 28.3 Å². The number of ether oxygens (including phenoxy) is 1. The second-order valence-electron chi connectivity index (χ2n) is 8.20. The highest BCUT2D eigenvalue weighted by Gasteiger charge is 2.35. The van der Waals surface area contributed by atoms with E-state index in [2.05, 4.69) is 10.3 Å². The van der Waals surface area contributed by atoms with Crippen LogP contribution >= 0.6 is 0 Å². The van der Waals surface area contributed by atoms with Crippen LogP contribution in [0.25, 0.3) is 11.0 Å². The zero-order valence-electron chi connectivity index (χ0n) is 18.6. The minimum absolute atomic E-state index is 0.122. The predicted octanol–water partition coefficient (Wildman–Crippen LogP) is 3.50. The summed E-state index contributed by atoms with van der Waals surface area (Å²) in [5, 5.41) is 8.92. The predicted molar refractivity (Wildman–Crippen MR) is 124 cm³/mol. The zero-order valence-corrected chi connectivity index (χ0v) is 18.6. The molecule has 0 radical (unpaired) electrons. The molecule has 0 fully saturated rings. The first-order chi connectivity index (χ1) is 17.0. The van der Waals surface area contributed by atoms with Gasteiger partial charge in [0.05, 0.1) is 28.9 Å². The fourth-order valence-corrected chi connectivity index (χ4v) is 4.08. The lowest BCUT2D eigenvalue weighted by molar-refractivity contribution is -0.114. The van der Waals surface area contributed by atoms with Crippen LogP contribution in [0, 0.1) is 5.82 Å². The molecule has 3 heterocycles. The number of carbonyl (C=O) groups is 2. The van der Waals surface area contributed by atoms with E-state index in [4.69, 9.17) is 9.15 Å². The molecule has 0 unspecified atom stereocenters. The van der Waals surface area contributed by atoms with Crippen molar-refractivity contribution < 1.29 is 23.1 Å². The molecule has 0 aliphatic carbocycles. The van der Waals surface area contributed by atoms with Crippen LogP contribution in [-0.2, 0) is 17.9 Å². The monoisotopic (exact) mass is 476 g/mol. The van der Waals surface area contributed by atoms with Gasteiger partial charge in [0.15, 0.2) is 0 Å². The summed E-state index contributed by atoms with van der Waals surface area (Å²) in [7, 11) is 0. The molecule has 35 heavy (non-hydrogen) atoms. The van der Waals surface area contributed by atoms with Gasteiger partial charge in [-0.05, 0) is 49.6 Å². The maximum atomic E-state index is 13.4.